The molecule has 0 unspecified atom stereocenters. The molecule has 0 bridgehead atoms. The zero-order valence-electron chi connectivity index (χ0n) is 10.7. The summed E-state index contributed by atoms with van der Waals surface area (Å²) in [6.07, 6.45) is 0. The second-order valence-electron chi connectivity index (χ2n) is 4.11. The first-order valence-corrected chi connectivity index (χ1v) is 5.94. The normalized spacial score (nSPS) is 16.8. The number of carbonyl (C=O) groups excluding carboxylic acids is 1. The summed E-state index contributed by atoms with van der Waals surface area (Å²) in [5, 5.41) is 2.08. The van der Waals surface area contributed by atoms with Crippen LogP contribution in [0.3, 0.4) is 0 Å². The second kappa shape index (κ2) is 5.99. The van der Waals surface area contributed by atoms with Gasteiger partial charge in [-0.3, -0.25) is 0 Å². The lowest BCUT2D eigenvalue weighted by atomic mass is 10.2. The molecule has 0 aromatic carbocycles. The fourth-order valence-electron chi connectivity index (χ4n) is 1.85. The topological polar surface area (TPSA) is 63.9 Å². The maximum Gasteiger partial charge on any atom is 0.341 e. The van der Waals surface area contributed by atoms with E-state index in [4.69, 9.17) is 9.15 Å². The zero-order chi connectivity index (χ0) is 13.0. The highest BCUT2D eigenvalue weighted by molar-refractivity contribution is 5.90. The third-order valence-corrected chi connectivity index (χ3v) is 2.86. The number of methoxy groups -OCH3 is 1. The van der Waals surface area contributed by atoms with Crippen LogP contribution < -0.4 is 5.43 Å². The molecule has 0 aliphatic carbocycles. The molecule has 0 amide bonds. The summed E-state index contributed by atoms with van der Waals surface area (Å²) in [6.45, 7) is 5.48. The van der Waals surface area contributed by atoms with E-state index in [0.29, 0.717) is 17.9 Å². The maximum absolute atomic E-state index is 11.4. The Morgan fingerprint density at radius 3 is 2.89 bits per heavy atom. The van der Waals surface area contributed by atoms with Crippen LogP contribution in [0.15, 0.2) is 10.5 Å². The van der Waals surface area contributed by atoms with Gasteiger partial charge in [0.25, 0.3) is 0 Å². The first-order valence-electron chi connectivity index (χ1n) is 5.94. The number of nitrogens with zero attached hydrogens (tertiary/aromatic N) is 1. The van der Waals surface area contributed by atoms with E-state index < -0.39 is 0 Å². The molecule has 1 aliphatic heterocycles. The fourth-order valence-corrected chi connectivity index (χ4v) is 1.85. The Balaban J connectivity index is 1.91. The quantitative estimate of drug-likeness (QED) is 0.798. The molecular formula is C12H18N2O4. The van der Waals surface area contributed by atoms with E-state index >= 15 is 0 Å². The van der Waals surface area contributed by atoms with Crippen LogP contribution >= 0.6 is 0 Å². The van der Waals surface area contributed by atoms with Crippen LogP contribution in [0.2, 0.25) is 0 Å². The van der Waals surface area contributed by atoms with E-state index in [1.54, 1.807) is 13.0 Å². The number of morpholine rings is 1. The Kier molecular flexibility index (Phi) is 4.35. The van der Waals surface area contributed by atoms with Crippen LogP contribution in [0.1, 0.15) is 21.9 Å². The first-order chi connectivity index (χ1) is 8.70. The molecule has 1 saturated heterocycles. The van der Waals surface area contributed by atoms with Crippen molar-refractivity contribution in [2.24, 2.45) is 0 Å². The van der Waals surface area contributed by atoms with Gasteiger partial charge >= 0.3 is 5.97 Å². The summed E-state index contributed by atoms with van der Waals surface area (Å²) in [6, 6.07) is 1.72. The SMILES string of the molecule is COC(=O)c1cc(CNN2CCOCC2)oc1C. The number of hydrogen-bond donors (Lipinski definition) is 1. The average Bonchev–Trinajstić information content (AvgIpc) is 2.78. The molecule has 2 heterocycles. The van der Waals surface area contributed by atoms with Gasteiger partial charge in [0.1, 0.15) is 17.1 Å². The first kappa shape index (κ1) is 13.1. The number of nitrogens with one attached hydrogen (secondary N) is 1. The van der Waals surface area contributed by atoms with Crippen molar-refractivity contribution in [3.05, 3.63) is 23.2 Å². The third kappa shape index (κ3) is 3.10. The van der Waals surface area contributed by atoms with E-state index in [-0.39, 0.29) is 5.97 Å². The van der Waals surface area contributed by atoms with Crippen molar-refractivity contribution < 1.29 is 18.7 Å². The highest BCUT2D eigenvalue weighted by atomic mass is 16.5. The maximum atomic E-state index is 11.4. The van der Waals surface area contributed by atoms with Crippen molar-refractivity contribution in [3.8, 4) is 0 Å². The highest BCUT2D eigenvalue weighted by Gasteiger charge is 2.16. The van der Waals surface area contributed by atoms with Crippen LogP contribution in [-0.4, -0.2) is 44.4 Å². The lowest BCUT2D eigenvalue weighted by Gasteiger charge is -2.26. The van der Waals surface area contributed by atoms with Gasteiger partial charge in [-0.2, -0.15) is 0 Å². The molecule has 0 atom stereocenters. The van der Waals surface area contributed by atoms with Gasteiger partial charge in [0, 0.05) is 13.1 Å². The summed E-state index contributed by atoms with van der Waals surface area (Å²) in [7, 11) is 1.36. The fraction of sp³-hybridized carbons (Fsp3) is 0.583. The van der Waals surface area contributed by atoms with Crippen LogP contribution in [0.25, 0.3) is 0 Å². The summed E-state index contributed by atoms with van der Waals surface area (Å²) in [5.41, 5.74) is 3.73. The predicted octanol–water partition coefficient (Wildman–Crippen LogP) is 0.711. The van der Waals surface area contributed by atoms with E-state index in [2.05, 4.69) is 15.2 Å². The standard InChI is InChI=1S/C12H18N2O4/c1-9-11(12(15)16-2)7-10(18-9)8-13-14-3-5-17-6-4-14/h7,13H,3-6,8H2,1-2H3. The number of carbonyl (C=O) groups is 1. The van der Waals surface area contributed by atoms with E-state index in [1.807, 2.05) is 0 Å². The van der Waals surface area contributed by atoms with Crippen molar-refractivity contribution in [1.29, 1.82) is 0 Å². The summed E-state index contributed by atoms with van der Waals surface area (Å²) in [5.74, 6) is 0.939. The molecule has 1 fully saturated rings. The smallest absolute Gasteiger partial charge is 0.341 e. The van der Waals surface area contributed by atoms with Gasteiger partial charge in [-0.1, -0.05) is 0 Å². The summed E-state index contributed by atoms with van der Waals surface area (Å²) >= 11 is 0. The number of hydrogen-bond acceptors (Lipinski definition) is 6. The number of furan rings is 1. The van der Waals surface area contributed by atoms with Crippen molar-refractivity contribution in [3.63, 3.8) is 0 Å². The highest BCUT2D eigenvalue weighted by Crippen LogP contribution is 2.15. The van der Waals surface area contributed by atoms with Gasteiger partial charge in [0.15, 0.2) is 0 Å². The molecule has 2 rings (SSSR count). The van der Waals surface area contributed by atoms with Gasteiger partial charge in [-0.15, -0.1) is 0 Å². The van der Waals surface area contributed by atoms with Gasteiger partial charge < -0.3 is 13.9 Å². The van der Waals surface area contributed by atoms with E-state index in [0.717, 1.165) is 32.1 Å². The van der Waals surface area contributed by atoms with Crippen molar-refractivity contribution in [2.75, 3.05) is 33.4 Å². The molecule has 1 N–H and O–H groups in total. The Morgan fingerprint density at radius 2 is 2.22 bits per heavy atom. The minimum Gasteiger partial charge on any atom is -0.465 e. The molecule has 0 radical (unpaired) electrons. The number of aryl methyl sites for hydroxylation is 1. The van der Waals surface area contributed by atoms with Crippen LogP contribution in [0, 0.1) is 6.92 Å². The van der Waals surface area contributed by atoms with Crippen molar-refractivity contribution >= 4 is 5.97 Å². The van der Waals surface area contributed by atoms with Crippen LogP contribution in [0.4, 0.5) is 0 Å². The Bertz CT molecular complexity index is 410. The molecule has 18 heavy (non-hydrogen) atoms. The number of rotatable bonds is 4. The second-order valence-corrected chi connectivity index (χ2v) is 4.11. The van der Waals surface area contributed by atoms with Crippen molar-refractivity contribution in [2.45, 2.75) is 13.5 Å². The monoisotopic (exact) mass is 254 g/mol. The van der Waals surface area contributed by atoms with Gasteiger partial charge in [0.2, 0.25) is 0 Å². The Hall–Kier alpha value is -1.37. The predicted molar refractivity (Wildman–Crippen MR) is 64.0 cm³/mol. The molecule has 1 aliphatic rings. The minimum absolute atomic E-state index is 0.367. The lowest BCUT2D eigenvalue weighted by Crippen LogP contribution is -2.45. The molecule has 1 aromatic heterocycles. The van der Waals surface area contributed by atoms with E-state index in [1.165, 1.54) is 7.11 Å². The number of esters is 1. The average molecular weight is 254 g/mol. The molecule has 100 valence electrons. The molecule has 0 spiro atoms. The zero-order valence-corrected chi connectivity index (χ0v) is 10.7. The molecule has 1 aromatic rings. The third-order valence-electron chi connectivity index (χ3n) is 2.86. The van der Waals surface area contributed by atoms with Crippen LogP contribution in [-0.2, 0) is 16.0 Å². The van der Waals surface area contributed by atoms with E-state index in [9.17, 15) is 4.79 Å². The number of ether oxygens (including phenoxy) is 2. The summed E-state index contributed by atoms with van der Waals surface area (Å²) in [4.78, 5) is 11.4. The van der Waals surface area contributed by atoms with Gasteiger partial charge in [-0.25, -0.2) is 15.2 Å². The van der Waals surface area contributed by atoms with Crippen LogP contribution in [0.5, 0.6) is 0 Å². The largest absolute Gasteiger partial charge is 0.465 e. The molecule has 0 saturated carbocycles. The lowest BCUT2D eigenvalue weighted by molar-refractivity contribution is 0.00941. The Morgan fingerprint density at radius 1 is 1.50 bits per heavy atom. The number of hydrazine groups is 1. The molecule has 6 nitrogen and oxygen atoms in total. The molecule has 6 heteroatoms. The minimum atomic E-state index is -0.367. The molecular weight excluding hydrogens is 236 g/mol. The Labute approximate surface area is 106 Å². The summed E-state index contributed by atoms with van der Waals surface area (Å²) < 4.78 is 15.4. The van der Waals surface area contributed by atoms with Gasteiger partial charge in [0.05, 0.1) is 26.9 Å². The van der Waals surface area contributed by atoms with Crippen molar-refractivity contribution in [1.82, 2.24) is 10.4 Å². The van der Waals surface area contributed by atoms with Gasteiger partial charge in [-0.05, 0) is 13.0 Å².